The van der Waals surface area contributed by atoms with Gasteiger partial charge >= 0.3 is 0 Å². The summed E-state index contributed by atoms with van der Waals surface area (Å²) in [5.74, 6) is 0.594. The highest BCUT2D eigenvalue weighted by Gasteiger charge is 2.23. The van der Waals surface area contributed by atoms with Gasteiger partial charge in [0.05, 0.1) is 5.02 Å². The Morgan fingerprint density at radius 3 is 2.61 bits per heavy atom. The molecule has 1 atom stereocenters. The van der Waals surface area contributed by atoms with Crippen LogP contribution in [0.4, 0.5) is 0 Å². The van der Waals surface area contributed by atoms with Crippen molar-refractivity contribution in [1.82, 2.24) is 4.98 Å². The maximum absolute atomic E-state index is 6.11. The molecule has 5 heteroatoms. The van der Waals surface area contributed by atoms with E-state index in [4.69, 9.17) is 33.4 Å². The monoisotopic (exact) mass is 286 g/mol. The van der Waals surface area contributed by atoms with E-state index in [0.29, 0.717) is 33.5 Å². The van der Waals surface area contributed by atoms with Crippen molar-refractivity contribution in [3.8, 4) is 0 Å². The fraction of sp³-hybridized carbons (Fsp3) is 0.462. The summed E-state index contributed by atoms with van der Waals surface area (Å²) in [5, 5.41) is 1.02. The minimum Gasteiger partial charge on any atom is -0.439 e. The molecule has 18 heavy (non-hydrogen) atoms. The number of aromatic nitrogens is 1. The van der Waals surface area contributed by atoms with Crippen molar-refractivity contribution in [2.24, 2.45) is 11.1 Å². The first-order valence-electron chi connectivity index (χ1n) is 5.77. The van der Waals surface area contributed by atoms with Gasteiger partial charge in [0.1, 0.15) is 5.52 Å². The Morgan fingerprint density at radius 2 is 2.00 bits per heavy atom. The van der Waals surface area contributed by atoms with Crippen LogP contribution in [0, 0.1) is 5.41 Å². The summed E-state index contributed by atoms with van der Waals surface area (Å²) in [6.45, 7) is 6.26. The summed E-state index contributed by atoms with van der Waals surface area (Å²) in [6.07, 6.45) is 0.576. The maximum atomic E-state index is 6.11. The zero-order valence-electron chi connectivity index (χ0n) is 10.6. The van der Waals surface area contributed by atoms with E-state index in [-0.39, 0.29) is 11.5 Å². The Morgan fingerprint density at radius 1 is 1.33 bits per heavy atom. The largest absolute Gasteiger partial charge is 0.439 e. The third kappa shape index (κ3) is 2.79. The molecule has 0 amide bonds. The average molecular weight is 287 g/mol. The minimum atomic E-state index is -0.0280. The lowest BCUT2D eigenvalue weighted by Gasteiger charge is -2.25. The van der Waals surface area contributed by atoms with Crippen LogP contribution in [-0.4, -0.2) is 11.0 Å². The van der Waals surface area contributed by atoms with Crippen LogP contribution in [0.3, 0.4) is 0 Å². The Labute approximate surface area is 116 Å². The SMILES string of the molecule is CC(C)(C)C(N)Cc1nc2cc(Cl)cc(Cl)c2o1. The highest BCUT2D eigenvalue weighted by molar-refractivity contribution is 6.37. The Balaban J connectivity index is 2.34. The van der Waals surface area contributed by atoms with Crippen LogP contribution in [0.1, 0.15) is 26.7 Å². The molecule has 0 saturated heterocycles. The van der Waals surface area contributed by atoms with Crippen molar-refractivity contribution in [1.29, 1.82) is 0 Å². The second kappa shape index (κ2) is 4.72. The van der Waals surface area contributed by atoms with Gasteiger partial charge in [-0.1, -0.05) is 44.0 Å². The van der Waals surface area contributed by atoms with Crippen molar-refractivity contribution in [3.05, 3.63) is 28.1 Å². The lowest BCUT2D eigenvalue weighted by molar-refractivity contribution is 0.303. The summed E-state index contributed by atoms with van der Waals surface area (Å²) in [4.78, 5) is 4.37. The van der Waals surface area contributed by atoms with Crippen molar-refractivity contribution >= 4 is 34.3 Å². The van der Waals surface area contributed by atoms with Crippen molar-refractivity contribution < 1.29 is 4.42 Å². The van der Waals surface area contributed by atoms with E-state index in [1.165, 1.54) is 0 Å². The molecular formula is C13H16Cl2N2O. The highest BCUT2D eigenvalue weighted by atomic mass is 35.5. The first-order chi connectivity index (χ1) is 8.27. The van der Waals surface area contributed by atoms with E-state index in [1.54, 1.807) is 12.1 Å². The van der Waals surface area contributed by atoms with Crippen LogP contribution in [0.2, 0.25) is 10.0 Å². The third-order valence-electron chi connectivity index (χ3n) is 2.96. The number of nitrogens with zero attached hydrogens (tertiary/aromatic N) is 1. The van der Waals surface area contributed by atoms with Gasteiger partial charge in [0.15, 0.2) is 11.5 Å². The molecule has 1 aromatic carbocycles. The predicted molar refractivity (Wildman–Crippen MR) is 75.2 cm³/mol. The van der Waals surface area contributed by atoms with Crippen molar-refractivity contribution in [3.63, 3.8) is 0 Å². The van der Waals surface area contributed by atoms with Crippen LogP contribution >= 0.6 is 23.2 Å². The zero-order chi connectivity index (χ0) is 13.5. The summed E-state index contributed by atoms with van der Waals surface area (Å²) in [6, 6.07) is 3.35. The summed E-state index contributed by atoms with van der Waals surface area (Å²) in [7, 11) is 0. The van der Waals surface area contributed by atoms with Crippen molar-refractivity contribution in [2.45, 2.75) is 33.2 Å². The second-order valence-electron chi connectivity index (χ2n) is 5.52. The highest BCUT2D eigenvalue weighted by Crippen LogP contribution is 2.29. The average Bonchev–Trinajstić information content (AvgIpc) is 2.58. The number of hydrogen-bond acceptors (Lipinski definition) is 3. The Hall–Kier alpha value is -0.770. The number of benzene rings is 1. The smallest absolute Gasteiger partial charge is 0.197 e. The Kier molecular flexibility index (Phi) is 3.58. The molecule has 1 aromatic heterocycles. The molecule has 0 saturated carbocycles. The van der Waals surface area contributed by atoms with Gasteiger partial charge in [-0.2, -0.15) is 0 Å². The van der Waals surface area contributed by atoms with Gasteiger partial charge in [0, 0.05) is 17.5 Å². The summed E-state index contributed by atoms with van der Waals surface area (Å²) >= 11 is 12.0. The molecule has 2 rings (SSSR count). The number of fused-ring (bicyclic) bond motifs is 1. The van der Waals surface area contributed by atoms with E-state index < -0.39 is 0 Å². The Bertz CT molecular complexity index is 572. The van der Waals surface area contributed by atoms with Gasteiger partial charge < -0.3 is 10.2 Å². The van der Waals surface area contributed by atoms with Gasteiger partial charge in [-0.25, -0.2) is 4.98 Å². The second-order valence-corrected chi connectivity index (χ2v) is 6.36. The molecule has 98 valence electrons. The first-order valence-corrected chi connectivity index (χ1v) is 6.53. The quantitative estimate of drug-likeness (QED) is 0.906. The molecule has 3 nitrogen and oxygen atoms in total. The molecular weight excluding hydrogens is 271 g/mol. The van der Waals surface area contributed by atoms with Crippen molar-refractivity contribution in [2.75, 3.05) is 0 Å². The third-order valence-corrected chi connectivity index (χ3v) is 3.46. The fourth-order valence-electron chi connectivity index (χ4n) is 1.59. The van der Waals surface area contributed by atoms with E-state index >= 15 is 0 Å². The van der Waals surface area contributed by atoms with E-state index in [2.05, 4.69) is 25.8 Å². The van der Waals surface area contributed by atoms with Gasteiger partial charge in [-0.3, -0.25) is 0 Å². The molecule has 0 aliphatic heterocycles. The summed E-state index contributed by atoms with van der Waals surface area (Å²) < 4.78 is 5.64. The molecule has 1 heterocycles. The number of hydrogen-bond donors (Lipinski definition) is 1. The fourth-order valence-corrected chi connectivity index (χ4v) is 2.11. The predicted octanol–water partition coefficient (Wildman–Crippen LogP) is 4.05. The number of nitrogens with two attached hydrogens (primary N) is 1. The maximum Gasteiger partial charge on any atom is 0.197 e. The lowest BCUT2D eigenvalue weighted by Crippen LogP contribution is -2.36. The number of halogens is 2. The van der Waals surface area contributed by atoms with Crippen LogP contribution in [0.15, 0.2) is 16.5 Å². The molecule has 0 fully saturated rings. The van der Waals surface area contributed by atoms with Crippen LogP contribution < -0.4 is 5.73 Å². The van der Waals surface area contributed by atoms with E-state index in [9.17, 15) is 0 Å². The normalized spacial score (nSPS) is 14.1. The molecule has 0 spiro atoms. The molecule has 1 unspecified atom stereocenters. The minimum absolute atomic E-state index is 0.00208. The van der Waals surface area contributed by atoms with Gasteiger partial charge in [0.2, 0.25) is 0 Å². The topological polar surface area (TPSA) is 52.0 Å². The lowest BCUT2D eigenvalue weighted by atomic mass is 9.85. The molecule has 0 aliphatic rings. The molecule has 2 aromatic rings. The van der Waals surface area contributed by atoms with Crippen LogP contribution in [-0.2, 0) is 6.42 Å². The van der Waals surface area contributed by atoms with Gasteiger partial charge in [0.25, 0.3) is 0 Å². The van der Waals surface area contributed by atoms with E-state index in [1.807, 2.05) is 0 Å². The summed E-state index contributed by atoms with van der Waals surface area (Å²) in [5.41, 5.74) is 7.35. The van der Waals surface area contributed by atoms with Gasteiger partial charge in [-0.15, -0.1) is 0 Å². The molecule has 2 N–H and O–H groups in total. The van der Waals surface area contributed by atoms with Crippen LogP contribution in [0.5, 0.6) is 0 Å². The van der Waals surface area contributed by atoms with E-state index in [0.717, 1.165) is 0 Å². The standard InChI is InChI=1S/C13H16Cl2N2O/c1-13(2,3)10(16)6-11-17-9-5-7(14)4-8(15)12(9)18-11/h4-5,10H,6,16H2,1-3H3. The van der Waals surface area contributed by atoms with Crippen LogP contribution in [0.25, 0.3) is 11.1 Å². The number of oxazole rings is 1. The molecule has 0 radical (unpaired) electrons. The zero-order valence-corrected chi connectivity index (χ0v) is 12.1. The number of rotatable bonds is 2. The molecule has 0 bridgehead atoms. The molecule has 0 aliphatic carbocycles. The van der Waals surface area contributed by atoms with Gasteiger partial charge in [-0.05, 0) is 17.5 Å². The first kappa shape index (κ1) is 13.7.